The van der Waals surface area contributed by atoms with E-state index in [9.17, 15) is 14.7 Å². The molecule has 0 aromatic heterocycles. The van der Waals surface area contributed by atoms with Gasteiger partial charge in [-0.15, -0.1) is 0 Å². The Bertz CT molecular complexity index is 310. The Hall–Kier alpha value is -1.26. The maximum Gasteiger partial charge on any atom is 0.329 e. The van der Waals surface area contributed by atoms with Crippen molar-refractivity contribution in [3.63, 3.8) is 0 Å². The summed E-state index contributed by atoms with van der Waals surface area (Å²) in [5.41, 5.74) is -0.930. The van der Waals surface area contributed by atoms with Gasteiger partial charge >= 0.3 is 12.0 Å². The van der Waals surface area contributed by atoms with Gasteiger partial charge in [0.05, 0.1) is 0 Å². The Morgan fingerprint density at radius 2 is 1.88 bits per heavy atom. The number of carbonyl (C=O) groups excluding carboxylic acids is 1. The summed E-state index contributed by atoms with van der Waals surface area (Å²) in [6.07, 6.45) is 4.08. The quantitative estimate of drug-likeness (QED) is 0.768. The van der Waals surface area contributed by atoms with Crippen molar-refractivity contribution in [2.75, 3.05) is 20.1 Å². The molecule has 1 N–H and O–H groups in total. The molecule has 0 bridgehead atoms. The third-order valence-electron chi connectivity index (χ3n) is 3.81. The molecule has 1 heterocycles. The van der Waals surface area contributed by atoms with E-state index in [1.54, 1.807) is 16.8 Å². The standard InChI is InChI=1S/C11H18N2O3/c1-12-7-8-13(10(12)16)11(9(14)15)5-3-2-4-6-11/h2-8H2,1H3,(H,14,15). The van der Waals surface area contributed by atoms with Crippen LogP contribution in [0.3, 0.4) is 0 Å². The van der Waals surface area contributed by atoms with Gasteiger partial charge in [0.1, 0.15) is 5.54 Å². The van der Waals surface area contributed by atoms with Gasteiger partial charge in [-0.3, -0.25) is 0 Å². The normalized spacial score (nSPS) is 24.9. The highest BCUT2D eigenvalue weighted by Crippen LogP contribution is 2.35. The van der Waals surface area contributed by atoms with E-state index in [0.717, 1.165) is 19.3 Å². The minimum absolute atomic E-state index is 0.135. The van der Waals surface area contributed by atoms with Crippen LogP contribution in [0.4, 0.5) is 4.79 Å². The minimum Gasteiger partial charge on any atom is -0.479 e. The maximum atomic E-state index is 11.9. The number of carboxylic acids is 1. The average Bonchev–Trinajstić information content (AvgIpc) is 2.61. The summed E-state index contributed by atoms with van der Waals surface area (Å²) in [5.74, 6) is -0.837. The molecule has 0 aromatic rings. The lowest BCUT2D eigenvalue weighted by Gasteiger charge is -2.40. The molecule has 5 heteroatoms. The van der Waals surface area contributed by atoms with Crippen molar-refractivity contribution in [2.24, 2.45) is 0 Å². The van der Waals surface area contributed by atoms with E-state index in [4.69, 9.17) is 0 Å². The number of aliphatic carboxylic acids is 1. The average molecular weight is 226 g/mol. The van der Waals surface area contributed by atoms with Gasteiger partial charge in [0.2, 0.25) is 0 Å². The Morgan fingerprint density at radius 3 is 2.31 bits per heavy atom. The molecule has 1 saturated heterocycles. The molecule has 5 nitrogen and oxygen atoms in total. The summed E-state index contributed by atoms with van der Waals surface area (Å²) in [7, 11) is 1.72. The molecule has 2 rings (SSSR count). The monoisotopic (exact) mass is 226 g/mol. The van der Waals surface area contributed by atoms with Crippen LogP contribution in [0, 0.1) is 0 Å². The van der Waals surface area contributed by atoms with Crippen molar-refractivity contribution in [1.29, 1.82) is 0 Å². The second-order valence-electron chi connectivity index (χ2n) is 4.75. The molecule has 2 amide bonds. The van der Waals surface area contributed by atoms with E-state index in [1.807, 2.05) is 0 Å². The van der Waals surface area contributed by atoms with Crippen LogP contribution < -0.4 is 0 Å². The SMILES string of the molecule is CN1CCN(C2(C(=O)O)CCCCC2)C1=O. The highest BCUT2D eigenvalue weighted by molar-refractivity contribution is 5.87. The van der Waals surface area contributed by atoms with Crippen LogP contribution in [-0.4, -0.2) is 52.6 Å². The lowest BCUT2D eigenvalue weighted by atomic mass is 9.80. The molecule has 1 aliphatic heterocycles. The molecular formula is C11H18N2O3. The smallest absolute Gasteiger partial charge is 0.329 e. The number of hydrogen-bond donors (Lipinski definition) is 1. The van der Waals surface area contributed by atoms with Crippen molar-refractivity contribution in [3.05, 3.63) is 0 Å². The fourth-order valence-electron chi connectivity index (χ4n) is 2.78. The van der Waals surface area contributed by atoms with E-state index >= 15 is 0 Å². The van der Waals surface area contributed by atoms with Crippen molar-refractivity contribution in [3.8, 4) is 0 Å². The van der Waals surface area contributed by atoms with Crippen LogP contribution >= 0.6 is 0 Å². The molecule has 16 heavy (non-hydrogen) atoms. The van der Waals surface area contributed by atoms with Crippen LogP contribution in [0.25, 0.3) is 0 Å². The van der Waals surface area contributed by atoms with Crippen LogP contribution in [0.2, 0.25) is 0 Å². The van der Waals surface area contributed by atoms with Gasteiger partial charge < -0.3 is 14.9 Å². The zero-order valence-electron chi connectivity index (χ0n) is 9.61. The van der Waals surface area contributed by atoms with Gasteiger partial charge in [-0.05, 0) is 12.8 Å². The molecular weight excluding hydrogens is 208 g/mol. The van der Waals surface area contributed by atoms with Crippen LogP contribution in [0.15, 0.2) is 0 Å². The Morgan fingerprint density at radius 1 is 1.25 bits per heavy atom. The van der Waals surface area contributed by atoms with E-state index in [-0.39, 0.29) is 6.03 Å². The number of carbonyl (C=O) groups is 2. The van der Waals surface area contributed by atoms with Gasteiger partial charge in [0.15, 0.2) is 0 Å². The molecule has 0 radical (unpaired) electrons. The Kier molecular flexibility index (Phi) is 2.78. The molecule has 0 aromatic carbocycles. The lowest BCUT2D eigenvalue weighted by Crippen LogP contribution is -2.56. The van der Waals surface area contributed by atoms with Crippen LogP contribution in [0.5, 0.6) is 0 Å². The number of urea groups is 1. The van der Waals surface area contributed by atoms with E-state index < -0.39 is 11.5 Å². The third kappa shape index (κ3) is 1.54. The van der Waals surface area contributed by atoms with Crippen molar-refractivity contribution in [2.45, 2.75) is 37.6 Å². The van der Waals surface area contributed by atoms with Gasteiger partial charge in [-0.1, -0.05) is 19.3 Å². The number of hydrogen-bond acceptors (Lipinski definition) is 2. The predicted molar refractivity (Wildman–Crippen MR) is 58.2 cm³/mol. The molecule has 1 saturated carbocycles. The number of amides is 2. The van der Waals surface area contributed by atoms with Gasteiger partial charge in [0, 0.05) is 20.1 Å². The highest BCUT2D eigenvalue weighted by atomic mass is 16.4. The third-order valence-corrected chi connectivity index (χ3v) is 3.81. The molecule has 1 aliphatic carbocycles. The van der Waals surface area contributed by atoms with Crippen LogP contribution in [0.1, 0.15) is 32.1 Å². The minimum atomic E-state index is -0.930. The first kappa shape index (κ1) is 11.2. The lowest BCUT2D eigenvalue weighted by molar-refractivity contribution is -0.151. The van der Waals surface area contributed by atoms with Crippen molar-refractivity contribution in [1.82, 2.24) is 9.80 Å². The first-order valence-electron chi connectivity index (χ1n) is 5.84. The summed E-state index contributed by atoms with van der Waals surface area (Å²) in [6.45, 7) is 1.18. The van der Waals surface area contributed by atoms with Crippen molar-refractivity contribution >= 4 is 12.0 Å². The van der Waals surface area contributed by atoms with Gasteiger partial charge in [-0.25, -0.2) is 9.59 Å². The maximum absolute atomic E-state index is 11.9. The largest absolute Gasteiger partial charge is 0.479 e. The second kappa shape index (κ2) is 3.96. The number of rotatable bonds is 2. The second-order valence-corrected chi connectivity index (χ2v) is 4.75. The zero-order valence-corrected chi connectivity index (χ0v) is 9.61. The zero-order chi connectivity index (χ0) is 11.8. The first-order valence-corrected chi connectivity index (χ1v) is 5.84. The summed E-state index contributed by atoms with van der Waals surface area (Å²) in [4.78, 5) is 26.6. The van der Waals surface area contributed by atoms with E-state index in [1.165, 1.54) is 0 Å². The van der Waals surface area contributed by atoms with E-state index in [0.29, 0.717) is 25.9 Å². The molecule has 0 spiro atoms. The summed E-state index contributed by atoms with van der Waals surface area (Å²) < 4.78 is 0. The first-order chi connectivity index (χ1) is 7.58. The van der Waals surface area contributed by atoms with Gasteiger partial charge in [0.25, 0.3) is 0 Å². The number of carboxylic acid groups (broad SMARTS) is 1. The summed E-state index contributed by atoms with van der Waals surface area (Å²) in [6, 6.07) is -0.135. The summed E-state index contributed by atoms with van der Waals surface area (Å²) >= 11 is 0. The molecule has 0 atom stereocenters. The highest BCUT2D eigenvalue weighted by Gasteiger charge is 2.49. The topological polar surface area (TPSA) is 60.9 Å². The number of likely N-dealkylation sites (N-methyl/N-ethyl adjacent to an activating group) is 1. The van der Waals surface area contributed by atoms with Crippen LogP contribution in [-0.2, 0) is 4.79 Å². The summed E-state index contributed by atoms with van der Waals surface area (Å²) in [5, 5.41) is 9.44. The molecule has 2 fully saturated rings. The predicted octanol–water partition coefficient (Wildman–Crippen LogP) is 1.14. The van der Waals surface area contributed by atoms with E-state index in [2.05, 4.69) is 0 Å². The fourth-order valence-corrected chi connectivity index (χ4v) is 2.78. The van der Waals surface area contributed by atoms with Gasteiger partial charge in [-0.2, -0.15) is 0 Å². The Labute approximate surface area is 95.0 Å². The number of nitrogens with zero attached hydrogens (tertiary/aromatic N) is 2. The molecule has 0 unspecified atom stereocenters. The molecule has 90 valence electrons. The Balaban J connectivity index is 2.25. The van der Waals surface area contributed by atoms with Crippen molar-refractivity contribution < 1.29 is 14.7 Å². The molecule has 2 aliphatic rings. The fraction of sp³-hybridized carbons (Fsp3) is 0.818.